The van der Waals surface area contributed by atoms with Crippen LogP contribution in [0.5, 0.6) is 0 Å². The summed E-state index contributed by atoms with van der Waals surface area (Å²) in [6, 6.07) is 0. The standard InChI is InChI=1S/C10H20O5/c1-4-5-14-9-7(11)6(2)15-10(13-3)8(9)12/h6-12H,4-5H2,1-3H3/t6-,7-,8+,9+,10+/m0/s1. The molecule has 1 saturated heterocycles. The van der Waals surface area contributed by atoms with E-state index in [0.29, 0.717) is 6.61 Å². The van der Waals surface area contributed by atoms with Gasteiger partial charge in [-0.3, -0.25) is 0 Å². The van der Waals surface area contributed by atoms with Gasteiger partial charge >= 0.3 is 0 Å². The Morgan fingerprint density at radius 1 is 1.27 bits per heavy atom. The molecule has 0 unspecified atom stereocenters. The Balaban J connectivity index is 2.62. The van der Waals surface area contributed by atoms with Gasteiger partial charge in [-0.1, -0.05) is 6.92 Å². The van der Waals surface area contributed by atoms with Gasteiger partial charge in [-0.15, -0.1) is 0 Å². The highest BCUT2D eigenvalue weighted by atomic mass is 16.7. The molecule has 0 saturated carbocycles. The molecule has 0 spiro atoms. The summed E-state index contributed by atoms with van der Waals surface area (Å²) in [4.78, 5) is 0. The molecule has 1 rings (SSSR count). The van der Waals surface area contributed by atoms with Crippen molar-refractivity contribution in [1.29, 1.82) is 0 Å². The molecule has 5 heteroatoms. The summed E-state index contributed by atoms with van der Waals surface area (Å²) in [6.45, 7) is 4.20. The lowest BCUT2D eigenvalue weighted by Crippen LogP contribution is -2.58. The summed E-state index contributed by atoms with van der Waals surface area (Å²) in [7, 11) is 1.45. The Morgan fingerprint density at radius 2 is 1.93 bits per heavy atom. The fourth-order valence-electron chi connectivity index (χ4n) is 1.64. The van der Waals surface area contributed by atoms with E-state index in [1.807, 2.05) is 6.92 Å². The van der Waals surface area contributed by atoms with E-state index >= 15 is 0 Å². The fourth-order valence-corrected chi connectivity index (χ4v) is 1.64. The first-order valence-electron chi connectivity index (χ1n) is 5.27. The molecule has 0 aromatic heterocycles. The molecular formula is C10H20O5. The summed E-state index contributed by atoms with van der Waals surface area (Å²) in [5.74, 6) is 0. The summed E-state index contributed by atoms with van der Waals surface area (Å²) < 4.78 is 15.6. The molecule has 0 bridgehead atoms. The number of hydrogen-bond donors (Lipinski definition) is 2. The lowest BCUT2D eigenvalue weighted by atomic mass is 10.00. The zero-order chi connectivity index (χ0) is 11.4. The molecule has 0 aliphatic carbocycles. The first-order valence-corrected chi connectivity index (χ1v) is 5.27. The van der Waals surface area contributed by atoms with E-state index in [-0.39, 0.29) is 0 Å². The lowest BCUT2D eigenvalue weighted by Gasteiger charge is -2.40. The van der Waals surface area contributed by atoms with Gasteiger partial charge in [-0.05, 0) is 13.3 Å². The van der Waals surface area contributed by atoms with Crippen LogP contribution in [0, 0.1) is 0 Å². The van der Waals surface area contributed by atoms with Gasteiger partial charge in [-0.2, -0.15) is 0 Å². The predicted molar refractivity (Wildman–Crippen MR) is 53.4 cm³/mol. The fraction of sp³-hybridized carbons (Fsp3) is 1.00. The topological polar surface area (TPSA) is 68.2 Å². The molecule has 5 nitrogen and oxygen atoms in total. The van der Waals surface area contributed by atoms with Crippen LogP contribution in [0.4, 0.5) is 0 Å². The summed E-state index contributed by atoms with van der Waals surface area (Å²) in [5.41, 5.74) is 0. The first kappa shape index (κ1) is 12.9. The van der Waals surface area contributed by atoms with Gasteiger partial charge < -0.3 is 24.4 Å². The summed E-state index contributed by atoms with van der Waals surface area (Å²) in [6.07, 6.45) is -2.71. The maximum atomic E-state index is 9.81. The third-order valence-electron chi connectivity index (χ3n) is 2.53. The van der Waals surface area contributed by atoms with Crippen molar-refractivity contribution in [3.05, 3.63) is 0 Å². The average molecular weight is 220 g/mol. The van der Waals surface area contributed by atoms with Crippen LogP contribution in [0.15, 0.2) is 0 Å². The van der Waals surface area contributed by atoms with Crippen LogP contribution in [0.3, 0.4) is 0 Å². The number of ether oxygens (including phenoxy) is 3. The van der Waals surface area contributed by atoms with Gasteiger partial charge in [0.2, 0.25) is 0 Å². The van der Waals surface area contributed by atoms with Gasteiger partial charge in [0.1, 0.15) is 18.3 Å². The lowest BCUT2D eigenvalue weighted by molar-refractivity contribution is -0.293. The Bertz CT molecular complexity index is 187. The van der Waals surface area contributed by atoms with Crippen LogP contribution >= 0.6 is 0 Å². The Kier molecular flexibility index (Phi) is 4.95. The van der Waals surface area contributed by atoms with E-state index in [1.54, 1.807) is 6.92 Å². The van der Waals surface area contributed by atoms with Crippen LogP contribution in [0.25, 0.3) is 0 Å². The highest BCUT2D eigenvalue weighted by molar-refractivity contribution is 4.88. The summed E-state index contributed by atoms with van der Waals surface area (Å²) in [5, 5.41) is 19.6. The van der Waals surface area contributed by atoms with Gasteiger partial charge in [0.15, 0.2) is 6.29 Å². The van der Waals surface area contributed by atoms with Crippen LogP contribution in [-0.2, 0) is 14.2 Å². The second-order valence-electron chi connectivity index (χ2n) is 3.76. The van der Waals surface area contributed by atoms with Gasteiger partial charge in [-0.25, -0.2) is 0 Å². The van der Waals surface area contributed by atoms with Gasteiger partial charge in [0, 0.05) is 13.7 Å². The Labute approximate surface area is 89.9 Å². The first-order chi connectivity index (χ1) is 7.11. The highest BCUT2D eigenvalue weighted by Crippen LogP contribution is 2.23. The van der Waals surface area contributed by atoms with Gasteiger partial charge in [0.25, 0.3) is 0 Å². The highest BCUT2D eigenvalue weighted by Gasteiger charge is 2.43. The van der Waals surface area contributed by atoms with E-state index in [0.717, 1.165) is 6.42 Å². The van der Waals surface area contributed by atoms with Crippen molar-refractivity contribution in [2.75, 3.05) is 13.7 Å². The van der Waals surface area contributed by atoms with Crippen LogP contribution in [0.1, 0.15) is 20.3 Å². The number of methoxy groups -OCH3 is 1. The molecule has 1 aliphatic rings. The van der Waals surface area contributed by atoms with Crippen LogP contribution in [-0.4, -0.2) is 54.6 Å². The second kappa shape index (κ2) is 5.77. The zero-order valence-electron chi connectivity index (χ0n) is 9.42. The second-order valence-corrected chi connectivity index (χ2v) is 3.76. The minimum Gasteiger partial charge on any atom is -0.388 e. The molecular weight excluding hydrogens is 200 g/mol. The van der Waals surface area contributed by atoms with E-state index in [9.17, 15) is 10.2 Å². The van der Waals surface area contributed by atoms with E-state index in [4.69, 9.17) is 14.2 Å². The van der Waals surface area contributed by atoms with Crippen molar-refractivity contribution in [3.8, 4) is 0 Å². The molecule has 0 radical (unpaired) electrons. The normalized spacial score (nSPS) is 41.8. The smallest absolute Gasteiger partial charge is 0.186 e. The molecule has 0 aromatic rings. The number of aliphatic hydroxyl groups is 2. The quantitative estimate of drug-likeness (QED) is 0.692. The molecule has 2 N–H and O–H groups in total. The molecule has 90 valence electrons. The molecule has 1 aliphatic heterocycles. The average Bonchev–Trinajstić information content (AvgIpc) is 2.23. The predicted octanol–water partition coefficient (Wildman–Crippen LogP) is -0.105. The SMILES string of the molecule is CCCO[C@@H]1[C@@H](O)[C@H](C)O[C@@H](OC)[C@@H]1O. The van der Waals surface area contributed by atoms with Crippen molar-refractivity contribution in [3.63, 3.8) is 0 Å². The molecule has 0 aromatic carbocycles. The third kappa shape index (κ3) is 2.89. The van der Waals surface area contributed by atoms with E-state index in [1.165, 1.54) is 7.11 Å². The number of aliphatic hydroxyl groups excluding tert-OH is 2. The van der Waals surface area contributed by atoms with Crippen molar-refractivity contribution in [2.24, 2.45) is 0 Å². The third-order valence-corrected chi connectivity index (χ3v) is 2.53. The Morgan fingerprint density at radius 3 is 2.47 bits per heavy atom. The largest absolute Gasteiger partial charge is 0.388 e. The van der Waals surface area contributed by atoms with Crippen molar-refractivity contribution >= 4 is 0 Å². The van der Waals surface area contributed by atoms with E-state index in [2.05, 4.69) is 0 Å². The molecule has 0 amide bonds. The minimum absolute atomic E-state index is 0.403. The van der Waals surface area contributed by atoms with Crippen molar-refractivity contribution in [1.82, 2.24) is 0 Å². The molecule has 15 heavy (non-hydrogen) atoms. The van der Waals surface area contributed by atoms with Gasteiger partial charge in [0.05, 0.1) is 6.10 Å². The monoisotopic (exact) mass is 220 g/mol. The minimum atomic E-state index is -0.951. The number of rotatable bonds is 4. The Hall–Kier alpha value is -0.200. The van der Waals surface area contributed by atoms with Crippen molar-refractivity contribution in [2.45, 2.75) is 51.0 Å². The molecule has 1 fully saturated rings. The van der Waals surface area contributed by atoms with Crippen molar-refractivity contribution < 1.29 is 24.4 Å². The maximum absolute atomic E-state index is 9.81. The molecule has 5 atom stereocenters. The number of hydrogen-bond acceptors (Lipinski definition) is 5. The maximum Gasteiger partial charge on any atom is 0.186 e. The molecule has 1 heterocycles. The zero-order valence-corrected chi connectivity index (χ0v) is 9.42. The van der Waals surface area contributed by atoms with Crippen LogP contribution < -0.4 is 0 Å². The van der Waals surface area contributed by atoms with E-state index < -0.39 is 30.7 Å². The van der Waals surface area contributed by atoms with Crippen LogP contribution in [0.2, 0.25) is 0 Å². The summed E-state index contributed by atoms with van der Waals surface area (Å²) >= 11 is 0.